The van der Waals surface area contributed by atoms with Gasteiger partial charge in [0, 0.05) is 25.1 Å². The maximum atomic E-state index is 12.8. The average molecular weight is 387 g/mol. The van der Waals surface area contributed by atoms with Gasteiger partial charge in [-0.1, -0.05) is 24.3 Å². The maximum Gasteiger partial charge on any atom is 0.231 e. The zero-order valence-corrected chi connectivity index (χ0v) is 16.3. The summed E-state index contributed by atoms with van der Waals surface area (Å²) in [6.07, 6.45) is 1.98. The largest absolute Gasteiger partial charge is 0.369 e. The van der Waals surface area contributed by atoms with Gasteiger partial charge in [0.05, 0.1) is 17.6 Å². The summed E-state index contributed by atoms with van der Waals surface area (Å²) in [5, 5.41) is 0.991. The molecule has 146 valence electrons. The molecular formula is C22H21N5O2. The van der Waals surface area contributed by atoms with Crippen molar-refractivity contribution in [2.24, 2.45) is 10.7 Å². The zero-order valence-electron chi connectivity index (χ0n) is 16.3. The van der Waals surface area contributed by atoms with E-state index in [9.17, 15) is 9.59 Å². The second-order valence-electron chi connectivity index (χ2n) is 7.41. The van der Waals surface area contributed by atoms with Gasteiger partial charge in [-0.2, -0.15) is 0 Å². The van der Waals surface area contributed by atoms with E-state index in [1.54, 1.807) is 25.4 Å². The van der Waals surface area contributed by atoms with Gasteiger partial charge in [-0.3, -0.25) is 19.5 Å². The summed E-state index contributed by atoms with van der Waals surface area (Å²) >= 11 is 0. The number of para-hydroxylation sites is 1. The molecule has 2 N–H and O–H groups in total. The first-order valence-corrected chi connectivity index (χ1v) is 9.32. The number of rotatable bonds is 4. The Morgan fingerprint density at radius 3 is 2.79 bits per heavy atom. The topological polar surface area (TPSA) is 102 Å². The lowest BCUT2D eigenvalue weighted by molar-refractivity contribution is -0.128. The van der Waals surface area contributed by atoms with E-state index in [4.69, 9.17) is 5.73 Å². The lowest BCUT2D eigenvalue weighted by atomic mass is 9.90. The van der Waals surface area contributed by atoms with Gasteiger partial charge in [-0.25, -0.2) is 9.98 Å². The molecule has 3 aromatic rings. The Morgan fingerprint density at radius 2 is 2.00 bits per heavy atom. The molecule has 0 saturated carbocycles. The van der Waals surface area contributed by atoms with E-state index in [2.05, 4.69) is 15.0 Å². The Hall–Kier alpha value is -3.61. The second kappa shape index (κ2) is 7.09. The summed E-state index contributed by atoms with van der Waals surface area (Å²) in [6, 6.07) is 14.9. The van der Waals surface area contributed by atoms with Crippen molar-refractivity contribution >= 4 is 28.6 Å². The highest BCUT2D eigenvalue weighted by Gasteiger charge is 2.37. The number of fused-ring (bicyclic) bond motifs is 1. The van der Waals surface area contributed by atoms with Crippen LogP contribution in [0.15, 0.2) is 59.7 Å². The lowest BCUT2D eigenvalue weighted by Gasteiger charge is -2.32. The van der Waals surface area contributed by atoms with E-state index in [0.29, 0.717) is 11.4 Å². The summed E-state index contributed by atoms with van der Waals surface area (Å²) in [7, 11) is 1.60. The molecule has 7 heteroatoms. The van der Waals surface area contributed by atoms with Crippen LogP contribution in [0.2, 0.25) is 0 Å². The molecule has 1 amide bonds. The molecular weight excluding hydrogens is 366 g/mol. The Labute approximate surface area is 168 Å². The molecule has 29 heavy (non-hydrogen) atoms. The van der Waals surface area contributed by atoms with Crippen molar-refractivity contribution < 1.29 is 9.59 Å². The Kier molecular flexibility index (Phi) is 4.58. The molecule has 1 unspecified atom stereocenters. The van der Waals surface area contributed by atoms with Gasteiger partial charge in [0.25, 0.3) is 0 Å². The number of aliphatic imine (C=N–C) groups is 1. The normalized spacial score (nSPS) is 19.3. The van der Waals surface area contributed by atoms with Gasteiger partial charge >= 0.3 is 0 Å². The fraction of sp³-hybridized carbons (Fsp3) is 0.227. The second-order valence-corrected chi connectivity index (χ2v) is 7.41. The van der Waals surface area contributed by atoms with E-state index in [0.717, 1.165) is 16.5 Å². The van der Waals surface area contributed by atoms with Crippen molar-refractivity contribution in [3.63, 3.8) is 0 Å². The number of carbonyl (C=O) groups is 2. The highest BCUT2D eigenvalue weighted by molar-refractivity contribution is 5.99. The van der Waals surface area contributed by atoms with Crippen molar-refractivity contribution in [2.45, 2.75) is 25.3 Å². The number of Topliss-reactive ketones (excluding diaryl/α,β-unsaturated/α-hetero) is 1. The van der Waals surface area contributed by atoms with Gasteiger partial charge in [0.1, 0.15) is 11.2 Å². The van der Waals surface area contributed by atoms with Crippen LogP contribution in [0.25, 0.3) is 10.9 Å². The molecule has 0 saturated heterocycles. The molecule has 0 fully saturated rings. The minimum atomic E-state index is -0.853. The van der Waals surface area contributed by atoms with Crippen molar-refractivity contribution in [1.29, 1.82) is 0 Å². The van der Waals surface area contributed by atoms with E-state index in [1.807, 2.05) is 43.3 Å². The molecule has 4 rings (SSSR count). The number of benzene rings is 1. The fourth-order valence-electron chi connectivity index (χ4n) is 3.43. The molecule has 1 atom stereocenters. The number of guanidine groups is 1. The van der Waals surface area contributed by atoms with Crippen molar-refractivity contribution in [1.82, 2.24) is 14.9 Å². The third-order valence-corrected chi connectivity index (χ3v) is 5.20. The fourth-order valence-corrected chi connectivity index (χ4v) is 3.43. The Bertz CT molecular complexity index is 1160. The third-order valence-electron chi connectivity index (χ3n) is 5.20. The average Bonchev–Trinajstić information content (AvgIpc) is 2.72. The van der Waals surface area contributed by atoms with E-state index in [1.165, 1.54) is 4.90 Å². The highest BCUT2D eigenvalue weighted by atomic mass is 16.2. The van der Waals surface area contributed by atoms with Crippen LogP contribution in [0.3, 0.4) is 0 Å². The number of hydrogen-bond acceptors (Lipinski definition) is 6. The number of pyridine rings is 2. The SMILES string of the molecule is CN1C(=O)CC(C)(c2cc(CC(=O)c3ccc4ccccc4n3)ccn2)N=C1N. The number of carbonyl (C=O) groups excluding carboxylic acids is 2. The first-order valence-electron chi connectivity index (χ1n) is 9.32. The lowest BCUT2D eigenvalue weighted by Crippen LogP contribution is -2.47. The maximum absolute atomic E-state index is 12.8. The van der Waals surface area contributed by atoms with Gasteiger partial charge in [-0.15, -0.1) is 0 Å². The van der Waals surface area contributed by atoms with E-state index in [-0.39, 0.29) is 30.5 Å². The first kappa shape index (κ1) is 18.7. The van der Waals surface area contributed by atoms with Gasteiger partial charge in [-0.05, 0) is 36.8 Å². The van der Waals surface area contributed by atoms with Crippen LogP contribution in [0.1, 0.15) is 35.1 Å². The van der Waals surface area contributed by atoms with Crippen molar-refractivity contribution in [3.8, 4) is 0 Å². The quantitative estimate of drug-likeness (QED) is 0.693. The molecule has 2 aromatic heterocycles. The van der Waals surface area contributed by atoms with E-state index < -0.39 is 5.54 Å². The molecule has 0 aliphatic carbocycles. The van der Waals surface area contributed by atoms with Crippen LogP contribution in [-0.4, -0.2) is 39.6 Å². The van der Waals surface area contributed by atoms with Crippen LogP contribution in [0, 0.1) is 0 Å². The van der Waals surface area contributed by atoms with Crippen LogP contribution in [0.4, 0.5) is 0 Å². The number of aromatic nitrogens is 2. The molecule has 1 aliphatic heterocycles. The van der Waals surface area contributed by atoms with Crippen LogP contribution in [0.5, 0.6) is 0 Å². The number of nitrogens with two attached hydrogens (primary N) is 1. The van der Waals surface area contributed by atoms with Crippen LogP contribution in [-0.2, 0) is 16.8 Å². The van der Waals surface area contributed by atoms with Gasteiger partial charge < -0.3 is 5.73 Å². The molecule has 1 aliphatic rings. The molecule has 0 radical (unpaired) electrons. The molecule has 0 bridgehead atoms. The summed E-state index contributed by atoms with van der Waals surface area (Å²) in [5.74, 6) is -0.0449. The molecule has 0 spiro atoms. The Balaban J connectivity index is 1.60. The van der Waals surface area contributed by atoms with Crippen molar-refractivity contribution in [2.75, 3.05) is 7.05 Å². The third kappa shape index (κ3) is 3.59. The van der Waals surface area contributed by atoms with Crippen LogP contribution >= 0.6 is 0 Å². The smallest absolute Gasteiger partial charge is 0.231 e. The number of ketones is 1. The van der Waals surface area contributed by atoms with Gasteiger partial charge in [0.2, 0.25) is 5.91 Å². The summed E-state index contributed by atoms with van der Waals surface area (Å²) in [4.78, 5) is 39.7. The van der Waals surface area contributed by atoms with Gasteiger partial charge in [0.15, 0.2) is 11.7 Å². The summed E-state index contributed by atoms with van der Waals surface area (Å²) in [6.45, 7) is 1.82. The summed E-state index contributed by atoms with van der Waals surface area (Å²) < 4.78 is 0. The highest BCUT2D eigenvalue weighted by Crippen LogP contribution is 2.32. The minimum absolute atomic E-state index is 0.0828. The predicted molar refractivity (Wildman–Crippen MR) is 110 cm³/mol. The molecule has 1 aromatic carbocycles. The minimum Gasteiger partial charge on any atom is -0.369 e. The Morgan fingerprint density at radius 1 is 1.21 bits per heavy atom. The number of nitrogens with zero attached hydrogens (tertiary/aromatic N) is 4. The zero-order chi connectivity index (χ0) is 20.6. The number of amides is 1. The van der Waals surface area contributed by atoms with Crippen molar-refractivity contribution in [3.05, 3.63) is 71.7 Å². The molecule has 7 nitrogen and oxygen atoms in total. The summed E-state index contributed by atoms with van der Waals surface area (Å²) in [5.41, 5.74) is 7.64. The first-order chi connectivity index (χ1) is 13.9. The number of hydrogen-bond donors (Lipinski definition) is 1. The standard InChI is InChI=1S/C22H21N5O2/c1-22(13-20(29)27(2)21(23)26-22)19-12-14(9-10-24-19)11-18(28)17-8-7-15-5-3-4-6-16(15)25-17/h3-10,12H,11,13H2,1-2H3,(H2,23,26). The predicted octanol–water partition coefficient (Wildman–Crippen LogP) is 2.45. The monoisotopic (exact) mass is 387 g/mol. The van der Waals surface area contributed by atoms with E-state index >= 15 is 0 Å². The molecule has 3 heterocycles. The van der Waals surface area contributed by atoms with Crippen LogP contribution < -0.4 is 5.73 Å².